The van der Waals surface area contributed by atoms with Crippen molar-refractivity contribution in [1.29, 1.82) is 0 Å². The maximum atomic E-state index is 6.37. The molecule has 1 heterocycles. The largest absolute Gasteiger partial charge is 0.134 e. The van der Waals surface area contributed by atoms with Crippen molar-refractivity contribution in [2.24, 2.45) is 0 Å². The van der Waals surface area contributed by atoms with Crippen LogP contribution in [-0.2, 0) is 0 Å². The maximum absolute atomic E-state index is 6.37. The highest BCUT2D eigenvalue weighted by molar-refractivity contribution is 9.10. The molecule has 1 aromatic heterocycles. The van der Waals surface area contributed by atoms with Gasteiger partial charge < -0.3 is 0 Å². The summed E-state index contributed by atoms with van der Waals surface area (Å²) in [6, 6.07) is 16.8. The molecule has 0 radical (unpaired) electrons. The van der Waals surface area contributed by atoms with Gasteiger partial charge in [-0.2, -0.15) is 0 Å². The van der Waals surface area contributed by atoms with E-state index in [1.165, 1.54) is 25.6 Å². The molecule has 0 aliphatic rings. The van der Waals surface area contributed by atoms with Crippen LogP contribution in [0.5, 0.6) is 0 Å². The van der Waals surface area contributed by atoms with Crippen molar-refractivity contribution in [2.45, 2.75) is 0 Å². The van der Waals surface area contributed by atoms with Crippen molar-refractivity contribution in [2.75, 3.05) is 0 Å². The van der Waals surface area contributed by atoms with Crippen molar-refractivity contribution in [3.05, 3.63) is 58.0 Å². The molecular formula is C16H8BrClS. The Hall–Kier alpha value is -1.09. The summed E-state index contributed by atoms with van der Waals surface area (Å²) in [7, 11) is 0. The first kappa shape index (κ1) is 11.7. The van der Waals surface area contributed by atoms with Crippen LogP contribution in [0.3, 0.4) is 0 Å². The standard InChI is InChI=1S/C16H8BrClS/c17-12-8-11-15-13(18)6-3-7-14(15)19-16(11)10-5-2-1-4-9(10)12/h1-8H. The topological polar surface area (TPSA) is 0 Å². The van der Waals surface area contributed by atoms with E-state index in [4.69, 9.17) is 11.6 Å². The van der Waals surface area contributed by atoms with E-state index in [9.17, 15) is 0 Å². The lowest BCUT2D eigenvalue weighted by atomic mass is 10.1. The molecule has 0 aliphatic carbocycles. The second-order valence-electron chi connectivity index (χ2n) is 4.50. The number of thiophene rings is 1. The predicted molar refractivity (Wildman–Crippen MR) is 89.5 cm³/mol. The molecule has 0 amide bonds. The molecule has 0 atom stereocenters. The highest BCUT2D eigenvalue weighted by atomic mass is 79.9. The van der Waals surface area contributed by atoms with Gasteiger partial charge in [-0.1, -0.05) is 57.9 Å². The smallest absolute Gasteiger partial charge is 0.0499 e. The monoisotopic (exact) mass is 346 g/mol. The molecule has 19 heavy (non-hydrogen) atoms. The van der Waals surface area contributed by atoms with Crippen molar-refractivity contribution in [1.82, 2.24) is 0 Å². The van der Waals surface area contributed by atoms with Crippen molar-refractivity contribution in [3.63, 3.8) is 0 Å². The normalized spacial score (nSPS) is 11.7. The number of fused-ring (bicyclic) bond motifs is 5. The van der Waals surface area contributed by atoms with E-state index >= 15 is 0 Å². The Morgan fingerprint density at radius 3 is 2.53 bits per heavy atom. The Morgan fingerprint density at radius 2 is 1.68 bits per heavy atom. The second-order valence-corrected chi connectivity index (χ2v) is 6.81. The van der Waals surface area contributed by atoms with Crippen LogP contribution in [0, 0.1) is 0 Å². The molecule has 0 aliphatic heterocycles. The van der Waals surface area contributed by atoms with Crippen LogP contribution in [0.25, 0.3) is 30.9 Å². The molecule has 3 heteroatoms. The van der Waals surface area contributed by atoms with Gasteiger partial charge in [0, 0.05) is 35.1 Å². The number of hydrogen-bond acceptors (Lipinski definition) is 1. The lowest BCUT2D eigenvalue weighted by Crippen LogP contribution is -1.75. The van der Waals surface area contributed by atoms with Crippen LogP contribution in [0.4, 0.5) is 0 Å². The minimum Gasteiger partial charge on any atom is -0.134 e. The molecule has 0 spiro atoms. The highest BCUT2D eigenvalue weighted by Gasteiger charge is 2.12. The van der Waals surface area contributed by atoms with E-state index in [2.05, 4.69) is 52.3 Å². The van der Waals surface area contributed by atoms with Gasteiger partial charge in [-0.25, -0.2) is 0 Å². The fourth-order valence-electron chi connectivity index (χ4n) is 2.56. The molecule has 0 saturated heterocycles. The van der Waals surface area contributed by atoms with Crippen molar-refractivity contribution < 1.29 is 0 Å². The minimum absolute atomic E-state index is 0.825. The van der Waals surface area contributed by atoms with Crippen molar-refractivity contribution in [3.8, 4) is 0 Å². The molecule has 92 valence electrons. The van der Waals surface area contributed by atoms with Gasteiger partial charge in [0.2, 0.25) is 0 Å². The zero-order valence-corrected chi connectivity index (χ0v) is 12.9. The molecule has 0 fully saturated rings. The van der Waals surface area contributed by atoms with Gasteiger partial charge in [-0.15, -0.1) is 11.3 Å². The van der Waals surface area contributed by atoms with Gasteiger partial charge in [0.15, 0.2) is 0 Å². The van der Waals surface area contributed by atoms with Crippen LogP contribution in [0.1, 0.15) is 0 Å². The fourth-order valence-corrected chi connectivity index (χ4v) is 4.72. The average molecular weight is 348 g/mol. The summed E-state index contributed by atoms with van der Waals surface area (Å²) in [6.07, 6.45) is 0. The van der Waals surface area contributed by atoms with Gasteiger partial charge in [0.05, 0.1) is 0 Å². The summed E-state index contributed by atoms with van der Waals surface area (Å²) in [5.41, 5.74) is 0. The summed E-state index contributed by atoms with van der Waals surface area (Å²) in [4.78, 5) is 0. The van der Waals surface area contributed by atoms with E-state index in [0.29, 0.717) is 0 Å². The molecule has 0 bridgehead atoms. The summed E-state index contributed by atoms with van der Waals surface area (Å²) in [5.74, 6) is 0. The van der Waals surface area contributed by atoms with Crippen LogP contribution < -0.4 is 0 Å². The Balaban J connectivity index is 2.37. The number of halogens is 2. The third kappa shape index (κ3) is 1.64. The van der Waals surface area contributed by atoms with Crippen LogP contribution in [0.2, 0.25) is 5.02 Å². The van der Waals surface area contributed by atoms with E-state index < -0.39 is 0 Å². The molecule has 4 aromatic rings. The van der Waals surface area contributed by atoms with E-state index in [-0.39, 0.29) is 0 Å². The van der Waals surface area contributed by atoms with Gasteiger partial charge in [-0.3, -0.25) is 0 Å². The predicted octanol–water partition coefficient (Wildman–Crippen LogP) is 6.62. The van der Waals surface area contributed by atoms with Crippen molar-refractivity contribution >= 4 is 69.8 Å². The molecule has 0 unspecified atom stereocenters. The Labute approximate surface area is 127 Å². The van der Waals surface area contributed by atoms with Gasteiger partial charge in [0.1, 0.15) is 0 Å². The van der Waals surface area contributed by atoms with E-state index in [0.717, 1.165) is 14.9 Å². The minimum atomic E-state index is 0.825. The molecule has 0 saturated carbocycles. The summed E-state index contributed by atoms with van der Waals surface area (Å²) >= 11 is 11.9. The van der Waals surface area contributed by atoms with Gasteiger partial charge in [0.25, 0.3) is 0 Å². The Kier molecular flexibility index (Phi) is 2.59. The molecule has 4 rings (SSSR count). The maximum Gasteiger partial charge on any atom is 0.0499 e. The molecule has 0 N–H and O–H groups in total. The summed E-state index contributed by atoms with van der Waals surface area (Å²) in [6.45, 7) is 0. The SMILES string of the molecule is Clc1cccc2sc3c4ccccc4c(Br)cc3c12. The van der Waals surface area contributed by atoms with Gasteiger partial charge >= 0.3 is 0 Å². The summed E-state index contributed by atoms with van der Waals surface area (Å²) < 4.78 is 3.67. The van der Waals surface area contributed by atoms with Crippen LogP contribution >= 0.6 is 38.9 Å². The number of hydrogen-bond donors (Lipinski definition) is 0. The first-order valence-electron chi connectivity index (χ1n) is 5.93. The molecule has 0 nitrogen and oxygen atoms in total. The third-order valence-corrected chi connectivity index (χ3v) is 5.58. The Morgan fingerprint density at radius 1 is 0.895 bits per heavy atom. The number of rotatable bonds is 0. The van der Waals surface area contributed by atoms with Crippen LogP contribution in [0.15, 0.2) is 53.0 Å². The zero-order valence-electron chi connectivity index (χ0n) is 9.78. The lowest BCUT2D eigenvalue weighted by Gasteiger charge is -2.02. The van der Waals surface area contributed by atoms with E-state index in [1.807, 2.05) is 23.5 Å². The van der Waals surface area contributed by atoms with Gasteiger partial charge in [-0.05, 0) is 23.6 Å². The quantitative estimate of drug-likeness (QED) is 0.335. The third-order valence-electron chi connectivity index (χ3n) is 3.40. The lowest BCUT2D eigenvalue weighted by molar-refractivity contribution is 1.78. The highest BCUT2D eigenvalue weighted by Crippen LogP contribution is 2.43. The number of benzene rings is 3. The molecular weight excluding hydrogens is 340 g/mol. The Bertz CT molecular complexity index is 940. The first-order chi connectivity index (χ1) is 9.25. The average Bonchev–Trinajstić information content (AvgIpc) is 2.79. The van der Waals surface area contributed by atoms with E-state index in [1.54, 1.807) is 0 Å². The summed E-state index contributed by atoms with van der Waals surface area (Å²) in [5, 5.41) is 5.75. The fraction of sp³-hybridized carbons (Fsp3) is 0. The zero-order chi connectivity index (χ0) is 13.0. The second kappa shape index (κ2) is 4.20. The molecule has 3 aromatic carbocycles. The van der Waals surface area contributed by atoms with Crippen LogP contribution in [-0.4, -0.2) is 0 Å². The first-order valence-corrected chi connectivity index (χ1v) is 7.92.